The van der Waals surface area contributed by atoms with E-state index < -0.39 is 10.0 Å². The van der Waals surface area contributed by atoms with Gasteiger partial charge in [-0.15, -0.1) is 0 Å². The number of nitrogen functional groups attached to an aromatic ring is 1. The number of hydrogen-bond acceptors (Lipinski definition) is 5. The number of nitrogens with two attached hydrogens (primary N) is 2. The highest BCUT2D eigenvalue weighted by Crippen LogP contribution is 2.30. The molecule has 2 saturated heterocycles. The molecule has 3 rings (SSSR count). The van der Waals surface area contributed by atoms with Gasteiger partial charge in [0.15, 0.2) is 0 Å². The maximum Gasteiger partial charge on any atom is 0.238 e. The molecule has 1 atom stereocenters. The summed E-state index contributed by atoms with van der Waals surface area (Å²) in [6, 6.07) is 5.35. The number of hydrogen-bond donors (Lipinski definition) is 2. The Morgan fingerprint density at radius 1 is 1.14 bits per heavy atom. The Morgan fingerprint density at radius 2 is 1.95 bits per heavy atom. The molecule has 21 heavy (non-hydrogen) atoms. The number of fused-ring (bicyclic) bond motifs is 1. The molecule has 2 aliphatic heterocycles. The average molecular weight is 310 g/mol. The summed E-state index contributed by atoms with van der Waals surface area (Å²) >= 11 is 0. The van der Waals surface area contributed by atoms with Gasteiger partial charge in [-0.05, 0) is 37.6 Å². The van der Waals surface area contributed by atoms with E-state index in [1.807, 2.05) is 0 Å². The first kappa shape index (κ1) is 14.6. The van der Waals surface area contributed by atoms with E-state index in [0.29, 0.717) is 11.7 Å². The number of nitrogens with zero attached hydrogens (tertiary/aromatic N) is 2. The van der Waals surface area contributed by atoms with Crippen LogP contribution in [-0.2, 0) is 10.0 Å². The van der Waals surface area contributed by atoms with Gasteiger partial charge in [-0.1, -0.05) is 6.42 Å². The van der Waals surface area contributed by atoms with E-state index in [4.69, 9.17) is 10.9 Å². The van der Waals surface area contributed by atoms with Crippen molar-refractivity contribution in [2.75, 3.05) is 36.8 Å². The van der Waals surface area contributed by atoms with E-state index in [-0.39, 0.29) is 4.90 Å². The van der Waals surface area contributed by atoms with Gasteiger partial charge in [-0.25, -0.2) is 13.6 Å². The van der Waals surface area contributed by atoms with Crippen LogP contribution >= 0.6 is 0 Å². The number of benzene rings is 1. The molecule has 2 heterocycles. The number of piperazine rings is 1. The second-order valence-electron chi connectivity index (χ2n) is 5.90. The highest BCUT2D eigenvalue weighted by Gasteiger charge is 2.29. The fourth-order valence-electron chi connectivity index (χ4n) is 3.37. The summed E-state index contributed by atoms with van der Waals surface area (Å²) < 4.78 is 22.7. The van der Waals surface area contributed by atoms with Crippen LogP contribution in [0, 0.1) is 0 Å². The van der Waals surface area contributed by atoms with Crippen LogP contribution in [0.3, 0.4) is 0 Å². The quantitative estimate of drug-likeness (QED) is 0.780. The van der Waals surface area contributed by atoms with Crippen molar-refractivity contribution in [2.24, 2.45) is 5.14 Å². The molecule has 0 aromatic heterocycles. The van der Waals surface area contributed by atoms with Crippen LogP contribution in [0.2, 0.25) is 0 Å². The molecular formula is C14H22N4O2S. The predicted molar refractivity (Wildman–Crippen MR) is 83.7 cm³/mol. The third-order valence-corrected chi connectivity index (χ3v) is 5.42. The second-order valence-corrected chi connectivity index (χ2v) is 7.46. The Hall–Kier alpha value is -1.31. The molecule has 4 N–H and O–H groups in total. The lowest BCUT2D eigenvalue weighted by atomic mass is 9.99. The van der Waals surface area contributed by atoms with Crippen molar-refractivity contribution in [1.29, 1.82) is 0 Å². The van der Waals surface area contributed by atoms with Crippen molar-refractivity contribution in [2.45, 2.75) is 30.2 Å². The standard InChI is InChI=1S/C14H22N4O2S/c15-13-9-12(21(16,19)20)4-5-14(13)18-8-7-17-6-2-1-3-11(17)10-18/h4-5,9,11H,1-3,6-8,10,15H2,(H2,16,19,20). The van der Waals surface area contributed by atoms with Crippen LogP contribution in [0.5, 0.6) is 0 Å². The zero-order valence-electron chi connectivity index (χ0n) is 12.0. The van der Waals surface area contributed by atoms with Crippen molar-refractivity contribution in [3.05, 3.63) is 18.2 Å². The van der Waals surface area contributed by atoms with Crippen molar-refractivity contribution < 1.29 is 8.42 Å². The summed E-state index contributed by atoms with van der Waals surface area (Å²) in [6.07, 6.45) is 3.81. The molecule has 0 radical (unpaired) electrons. The molecule has 0 aliphatic carbocycles. The van der Waals surface area contributed by atoms with Gasteiger partial charge < -0.3 is 10.6 Å². The largest absolute Gasteiger partial charge is 0.397 e. The van der Waals surface area contributed by atoms with E-state index in [2.05, 4.69) is 9.80 Å². The smallest absolute Gasteiger partial charge is 0.238 e. The van der Waals surface area contributed by atoms with Crippen molar-refractivity contribution in [1.82, 2.24) is 4.90 Å². The third-order valence-electron chi connectivity index (χ3n) is 4.51. The van der Waals surface area contributed by atoms with Crippen LogP contribution in [-0.4, -0.2) is 45.5 Å². The zero-order valence-corrected chi connectivity index (χ0v) is 12.8. The Labute approximate surface area is 125 Å². The van der Waals surface area contributed by atoms with Crippen LogP contribution < -0.4 is 15.8 Å². The molecular weight excluding hydrogens is 288 g/mol. The monoisotopic (exact) mass is 310 g/mol. The van der Waals surface area contributed by atoms with Gasteiger partial charge in [0.2, 0.25) is 10.0 Å². The molecule has 2 aliphatic rings. The molecule has 0 spiro atoms. The van der Waals surface area contributed by atoms with E-state index in [1.165, 1.54) is 37.9 Å². The van der Waals surface area contributed by atoms with E-state index in [1.54, 1.807) is 6.07 Å². The number of sulfonamides is 1. The summed E-state index contributed by atoms with van der Waals surface area (Å²) in [4.78, 5) is 4.88. The normalized spacial score (nSPS) is 23.9. The van der Waals surface area contributed by atoms with E-state index >= 15 is 0 Å². The summed E-state index contributed by atoms with van der Waals surface area (Å²) in [7, 11) is -3.70. The molecule has 0 bridgehead atoms. The van der Waals surface area contributed by atoms with Gasteiger partial charge >= 0.3 is 0 Å². The fourth-order valence-corrected chi connectivity index (χ4v) is 3.92. The molecule has 1 aromatic rings. The molecule has 0 amide bonds. The summed E-state index contributed by atoms with van der Waals surface area (Å²) in [6.45, 7) is 4.12. The van der Waals surface area contributed by atoms with Crippen LogP contribution in [0.15, 0.2) is 23.1 Å². The third kappa shape index (κ3) is 3.00. The Morgan fingerprint density at radius 3 is 2.67 bits per heavy atom. The predicted octanol–water partition coefficient (Wildman–Crippen LogP) is 0.591. The van der Waals surface area contributed by atoms with Gasteiger partial charge in [0.1, 0.15) is 0 Å². The lowest BCUT2D eigenvalue weighted by Crippen LogP contribution is -2.55. The van der Waals surface area contributed by atoms with Gasteiger partial charge in [0.05, 0.1) is 16.3 Å². The summed E-state index contributed by atoms with van der Waals surface area (Å²) in [5, 5.41) is 5.14. The van der Waals surface area contributed by atoms with Gasteiger partial charge in [0, 0.05) is 25.7 Å². The first-order valence-electron chi connectivity index (χ1n) is 7.36. The second kappa shape index (κ2) is 5.47. The van der Waals surface area contributed by atoms with Crippen LogP contribution in [0.4, 0.5) is 11.4 Å². The number of primary sulfonamides is 1. The zero-order chi connectivity index (χ0) is 15.0. The van der Waals surface area contributed by atoms with Gasteiger partial charge in [0.25, 0.3) is 0 Å². The minimum Gasteiger partial charge on any atom is -0.397 e. The summed E-state index contributed by atoms with van der Waals surface area (Å²) in [5.41, 5.74) is 7.43. The molecule has 116 valence electrons. The van der Waals surface area contributed by atoms with E-state index in [0.717, 1.165) is 25.3 Å². The molecule has 1 aromatic carbocycles. The Balaban J connectivity index is 1.81. The SMILES string of the molecule is Nc1cc(S(N)(=O)=O)ccc1N1CCN2CCCCC2C1. The first-order valence-corrected chi connectivity index (χ1v) is 8.91. The van der Waals surface area contributed by atoms with Crippen molar-refractivity contribution in [3.63, 3.8) is 0 Å². The van der Waals surface area contributed by atoms with Crippen LogP contribution in [0.1, 0.15) is 19.3 Å². The molecule has 6 nitrogen and oxygen atoms in total. The van der Waals surface area contributed by atoms with Crippen molar-refractivity contribution >= 4 is 21.4 Å². The average Bonchev–Trinajstić information content (AvgIpc) is 2.45. The number of anilines is 2. The van der Waals surface area contributed by atoms with Gasteiger partial charge in [-0.3, -0.25) is 4.90 Å². The highest BCUT2D eigenvalue weighted by molar-refractivity contribution is 7.89. The first-order chi connectivity index (χ1) is 9.95. The molecule has 2 fully saturated rings. The summed E-state index contributed by atoms with van der Waals surface area (Å²) in [5.74, 6) is 0. The maximum absolute atomic E-state index is 11.4. The van der Waals surface area contributed by atoms with Crippen LogP contribution in [0.25, 0.3) is 0 Å². The topological polar surface area (TPSA) is 92.7 Å². The maximum atomic E-state index is 11.4. The Kier molecular flexibility index (Phi) is 3.81. The van der Waals surface area contributed by atoms with Crippen molar-refractivity contribution in [3.8, 4) is 0 Å². The van der Waals surface area contributed by atoms with Gasteiger partial charge in [-0.2, -0.15) is 0 Å². The fraction of sp³-hybridized carbons (Fsp3) is 0.571. The van der Waals surface area contributed by atoms with E-state index in [9.17, 15) is 8.42 Å². The molecule has 1 unspecified atom stereocenters. The molecule has 0 saturated carbocycles. The minimum atomic E-state index is -3.70. The minimum absolute atomic E-state index is 0.0695. The number of piperidine rings is 1. The lowest BCUT2D eigenvalue weighted by Gasteiger charge is -2.45. The lowest BCUT2D eigenvalue weighted by molar-refractivity contribution is 0.133. The Bertz CT molecular complexity index is 632. The highest BCUT2D eigenvalue weighted by atomic mass is 32.2. The number of rotatable bonds is 2. The molecule has 7 heteroatoms.